The van der Waals surface area contributed by atoms with Crippen LogP contribution >= 0.6 is 15.9 Å². The fourth-order valence-corrected chi connectivity index (χ4v) is 2.44. The summed E-state index contributed by atoms with van der Waals surface area (Å²) in [6.45, 7) is 0. The van der Waals surface area contributed by atoms with Crippen LogP contribution in [-0.4, -0.2) is 26.2 Å². The molecule has 0 saturated heterocycles. The Morgan fingerprint density at radius 2 is 2.17 bits per heavy atom. The number of anilines is 1. The second-order valence-corrected chi connectivity index (χ2v) is 5.45. The van der Waals surface area contributed by atoms with Gasteiger partial charge in [0, 0.05) is 17.7 Å². The predicted octanol–water partition coefficient (Wildman–Crippen LogP) is 3.39. The predicted molar refractivity (Wildman–Crippen MR) is 89.8 cm³/mol. The number of hydrazone groups is 1. The van der Waals surface area contributed by atoms with Crippen molar-refractivity contribution < 1.29 is 10.0 Å². The van der Waals surface area contributed by atoms with Gasteiger partial charge in [-0.15, -0.1) is 0 Å². The first-order valence-corrected chi connectivity index (χ1v) is 7.24. The quantitative estimate of drug-likeness (QED) is 0.367. The smallest absolute Gasteiger partial charge is 0.271 e. The Hall–Kier alpha value is -2.94. The Morgan fingerprint density at radius 3 is 2.91 bits per heavy atom. The average molecular weight is 376 g/mol. The van der Waals surface area contributed by atoms with E-state index in [1.54, 1.807) is 0 Å². The van der Waals surface area contributed by atoms with Gasteiger partial charge < -0.3 is 10.1 Å². The number of phenols is 1. The first-order valence-electron chi connectivity index (χ1n) is 6.45. The normalized spacial score (nSPS) is 11.2. The Bertz CT molecular complexity index is 889. The van der Waals surface area contributed by atoms with Gasteiger partial charge in [0.15, 0.2) is 0 Å². The molecule has 0 amide bonds. The summed E-state index contributed by atoms with van der Waals surface area (Å²) in [4.78, 5) is 17.6. The molecule has 0 aliphatic heterocycles. The maximum absolute atomic E-state index is 10.8. The first-order chi connectivity index (χ1) is 11.0. The zero-order valence-corrected chi connectivity index (χ0v) is 13.1. The number of nitro groups is 1. The second kappa shape index (κ2) is 6.05. The van der Waals surface area contributed by atoms with Gasteiger partial charge in [-0.25, -0.2) is 10.4 Å². The van der Waals surface area contributed by atoms with Gasteiger partial charge in [-0.2, -0.15) is 5.10 Å². The number of para-hydroxylation sites is 2. The molecule has 3 rings (SSSR count). The number of aromatic hydroxyl groups is 1. The van der Waals surface area contributed by atoms with Gasteiger partial charge in [-0.3, -0.25) is 10.1 Å². The molecule has 0 unspecified atom stereocenters. The molecule has 0 bridgehead atoms. The van der Waals surface area contributed by atoms with Crippen LogP contribution in [0.3, 0.4) is 0 Å². The number of hydrogen-bond donors (Lipinski definition) is 3. The van der Waals surface area contributed by atoms with Crippen LogP contribution in [-0.2, 0) is 0 Å². The Morgan fingerprint density at radius 1 is 1.39 bits per heavy atom. The molecule has 0 aliphatic carbocycles. The van der Waals surface area contributed by atoms with E-state index in [1.807, 2.05) is 24.3 Å². The SMILES string of the molecule is O=[N+]([O-])c1cc(Br)c(O)c(/C=N/Nc2nc3ccccc3[nH]2)c1. The van der Waals surface area contributed by atoms with Crippen molar-refractivity contribution in [1.29, 1.82) is 0 Å². The number of benzene rings is 2. The third-order valence-electron chi connectivity index (χ3n) is 3.05. The van der Waals surface area contributed by atoms with Crippen LogP contribution in [0, 0.1) is 10.1 Å². The Balaban J connectivity index is 1.83. The summed E-state index contributed by atoms with van der Waals surface area (Å²) in [5.41, 5.74) is 4.37. The van der Waals surface area contributed by atoms with Crippen molar-refractivity contribution in [3.05, 3.63) is 56.5 Å². The maximum atomic E-state index is 10.8. The number of rotatable bonds is 4. The van der Waals surface area contributed by atoms with Crippen molar-refractivity contribution in [3.8, 4) is 5.75 Å². The minimum Gasteiger partial charge on any atom is -0.506 e. The van der Waals surface area contributed by atoms with E-state index in [-0.39, 0.29) is 21.5 Å². The Labute approximate surface area is 138 Å². The van der Waals surface area contributed by atoms with Gasteiger partial charge >= 0.3 is 0 Å². The molecule has 1 aromatic heterocycles. The van der Waals surface area contributed by atoms with Crippen molar-refractivity contribution >= 4 is 44.8 Å². The summed E-state index contributed by atoms with van der Waals surface area (Å²) in [5.74, 6) is 0.289. The molecule has 1 heterocycles. The third-order valence-corrected chi connectivity index (χ3v) is 3.66. The monoisotopic (exact) mass is 375 g/mol. The molecule has 0 radical (unpaired) electrons. The molecule has 2 aromatic carbocycles. The number of nitrogens with one attached hydrogen (secondary N) is 2. The fourth-order valence-electron chi connectivity index (χ4n) is 1.98. The number of non-ortho nitro benzene ring substituents is 1. The van der Waals surface area contributed by atoms with E-state index in [1.165, 1.54) is 18.3 Å². The van der Waals surface area contributed by atoms with E-state index in [0.717, 1.165) is 11.0 Å². The van der Waals surface area contributed by atoms with Crippen LogP contribution < -0.4 is 5.43 Å². The summed E-state index contributed by atoms with van der Waals surface area (Å²) in [7, 11) is 0. The van der Waals surface area contributed by atoms with Crippen molar-refractivity contribution in [2.24, 2.45) is 5.10 Å². The number of halogens is 1. The molecule has 0 fully saturated rings. The zero-order valence-electron chi connectivity index (χ0n) is 11.5. The summed E-state index contributed by atoms with van der Waals surface area (Å²) < 4.78 is 0.219. The Kier molecular flexibility index (Phi) is 3.94. The van der Waals surface area contributed by atoms with E-state index in [9.17, 15) is 15.2 Å². The first kappa shape index (κ1) is 15.0. The minimum atomic E-state index is -0.547. The van der Waals surface area contributed by atoms with Crippen LogP contribution in [0.2, 0.25) is 0 Å². The minimum absolute atomic E-state index is 0.134. The molecule has 0 spiro atoms. The standard InChI is InChI=1S/C14H10BrN5O3/c15-10-6-9(20(22)23)5-8(13(10)21)7-16-19-14-17-11-3-1-2-4-12(11)18-14/h1-7,21H,(H2,17,18,19)/b16-7+. The molecule has 0 aliphatic rings. The van der Waals surface area contributed by atoms with Gasteiger partial charge in [0.1, 0.15) is 5.75 Å². The number of aromatic amines is 1. The lowest BCUT2D eigenvalue weighted by Crippen LogP contribution is -1.95. The van der Waals surface area contributed by atoms with Crippen LogP contribution in [0.5, 0.6) is 5.75 Å². The topological polar surface area (TPSA) is 116 Å². The molecular weight excluding hydrogens is 366 g/mol. The van der Waals surface area contributed by atoms with Crippen LogP contribution in [0.4, 0.5) is 11.6 Å². The zero-order chi connectivity index (χ0) is 16.4. The summed E-state index contributed by atoms with van der Waals surface area (Å²) in [6, 6.07) is 9.93. The highest BCUT2D eigenvalue weighted by Crippen LogP contribution is 2.31. The molecule has 23 heavy (non-hydrogen) atoms. The van der Waals surface area contributed by atoms with Crippen LogP contribution in [0.15, 0.2) is 46.0 Å². The van der Waals surface area contributed by atoms with Crippen molar-refractivity contribution in [3.63, 3.8) is 0 Å². The number of aromatic nitrogens is 2. The summed E-state index contributed by atoms with van der Waals surface area (Å²) in [6.07, 6.45) is 1.28. The largest absolute Gasteiger partial charge is 0.506 e. The highest BCUT2D eigenvalue weighted by molar-refractivity contribution is 9.10. The van der Waals surface area contributed by atoms with Gasteiger partial charge in [0.25, 0.3) is 5.69 Å². The number of H-pyrrole nitrogens is 1. The van der Waals surface area contributed by atoms with E-state index in [0.29, 0.717) is 5.95 Å². The molecule has 116 valence electrons. The lowest BCUT2D eigenvalue weighted by molar-refractivity contribution is -0.385. The number of nitrogens with zero attached hydrogens (tertiary/aromatic N) is 3. The van der Waals surface area contributed by atoms with Crippen molar-refractivity contribution in [1.82, 2.24) is 9.97 Å². The maximum Gasteiger partial charge on any atom is 0.271 e. The number of fused-ring (bicyclic) bond motifs is 1. The highest BCUT2D eigenvalue weighted by Gasteiger charge is 2.13. The number of hydrogen-bond acceptors (Lipinski definition) is 6. The van der Waals surface area contributed by atoms with Crippen molar-refractivity contribution in [2.75, 3.05) is 5.43 Å². The average Bonchev–Trinajstić information content (AvgIpc) is 2.93. The molecule has 3 aromatic rings. The third kappa shape index (κ3) is 3.14. The molecule has 3 N–H and O–H groups in total. The van der Waals surface area contributed by atoms with Crippen LogP contribution in [0.25, 0.3) is 11.0 Å². The molecule has 0 saturated carbocycles. The van der Waals surface area contributed by atoms with Crippen LogP contribution in [0.1, 0.15) is 5.56 Å². The second-order valence-electron chi connectivity index (χ2n) is 4.60. The number of imidazole rings is 1. The number of phenolic OH excluding ortho intramolecular Hbond substituents is 1. The highest BCUT2D eigenvalue weighted by atomic mass is 79.9. The summed E-state index contributed by atoms with van der Waals surface area (Å²) >= 11 is 3.07. The number of nitro benzene ring substituents is 1. The molecule has 9 heteroatoms. The van der Waals surface area contributed by atoms with Crippen molar-refractivity contribution in [2.45, 2.75) is 0 Å². The van der Waals surface area contributed by atoms with E-state index in [4.69, 9.17) is 0 Å². The van der Waals surface area contributed by atoms with Gasteiger partial charge in [-0.1, -0.05) is 12.1 Å². The molecule has 8 nitrogen and oxygen atoms in total. The van der Waals surface area contributed by atoms with Gasteiger partial charge in [-0.05, 0) is 28.1 Å². The fraction of sp³-hybridized carbons (Fsp3) is 0. The lowest BCUT2D eigenvalue weighted by Gasteiger charge is -2.02. The van der Waals surface area contributed by atoms with Gasteiger partial charge in [0.2, 0.25) is 5.95 Å². The molecule has 0 atom stereocenters. The van der Waals surface area contributed by atoms with Gasteiger partial charge in [0.05, 0.1) is 26.6 Å². The van der Waals surface area contributed by atoms with E-state index < -0.39 is 4.92 Å². The van der Waals surface area contributed by atoms with E-state index in [2.05, 4.69) is 36.4 Å². The van der Waals surface area contributed by atoms with E-state index >= 15 is 0 Å². The molecular formula is C14H10BrN5O3. The lowest BCUT2D eigenvalue weighted by atomic mass is 10.2. The summed E-state index contributed by atoms with van der Waals surface area (Å²) in [5, 5.41) is 24.7.